The molecule has 1 aromatic heterocycles. The maximum absolute atomic E-state index is 5.78. The first-order valence-electron chi connectivity index (χ1n) is 5.23. The Labute approximate surface area is 99.5 Å². The lowest BCUT2D eigenvalue weighted by atomic mass is 10.1. The van der Waals surface area contributed by atoms with E-state index in [2.05, 4.69) is 10.2 Å². The van der Waals surface area contributed by atoms with Crippen LogP contribution in [0.3, 0.4) is 0 Å². The van der Waals surface area contributed by atoms with E-state index in [1.165, 1.54) is 0 Å². The number of aromatic amines is 1. The van der Waals surface area contributed by atoms with Gasteiger partial charge in [0.25, 0.3) is 0 Å². The molecule has 3 N–H and O–H groups in total. The van der Waals surface area contributed by atoms with Crippen LogP contribution in [-0.2, 0) is 6.42 Å². The SMILES string of the molecule is COc1ccc(Cc2[nH]ncc2N)c(OC)c1. The lowest BCUT2D eigenvalue weighted by Crippen LogP contribution is -1.97. The third-order valence-electron chi connectivity index (χ3n) is 2.61. The van der Waals surface area contributed by atoms with Gasteiger partial charge < -0.3 is 15.2 Å². The second-order valence-electron chi connectivity index (χ2n) is 3.66. The Morgan fingerprint density at radius 3 is 2.71 bits per heavy atom. The van der Waals surface area contributed by atoms with Crippen molar-refractivity contribution in [3.8, 4) is 11.5 Å². The number of nitrogens with zero attached hydrogens (tertiary/aromatic N) is 1. The van der Waals surface area contributed by atoms with Crippen LogP contribution in [0.4, 0.5) is 5.69 Å². The van der Waals surface area contributed by atoms with E-state index in [1.54, 1.807) is 20.4 Å². The van der Waals surface area contributed by atoms with E-state index in [0.717, 1.165) is 22.8 Å². The van der Waals surface area contributed by atoms with Gasteiger partial charge in [0.05, 0.1) is 31.8 Å². The number of hydrogen-bond donors (Lipinski definition) is 2. The fourth-order valence-corrected chi connectivity index (χ4v) is 1.65. The van der Waals surface area contributed by atoms with Crippen LogP contribution in [0.1, 0.15) is 11.3 Å². The summed E-state index contributed by atoms with van der Waals surface area (Å²) in [7, 11) is 3.26. The predicted octanol–water partition coefficient (Wildman–Crippen LogP) is 1.60. The number of benzene rings is 1. The van der Waals surface area contributed by atoms with Gasteiger partial charge in [-0.05, 0) is 6.07 Å². The van der Waals surface area contributed by atoms with Crippen LogP contribution in [-0.4, -0.2) is 24.4 Å². The van der Waals surface area contributed by atoms with Gasteiger partial charge in [-0.3, -0.25) is 5.10 Å². The Bertz CT molecular complexity index is 508. The van der Waals surface area contributed by atoms with Gasteiger partial charge in [-0.25, -0.2) is 0 Å². The molecule has 0 aliphatic heterocycles. The molecule has 0 atom stereocenters. The van der Waals surface area contributed by atoms with E-state index < -0.39 is 0 Å². The van der Waals surface area contributed by atoms with Crippen molar-refractivity contribution in [3.63, 3.8) is 0 Å². The Morgan fingerprint density at radius 2 is 2.12 bits per heavy atom. The van der Waals surface area contributed by atoms with Crippen molar-refractivity contribution in [1.29, 1.82) is 0 Å². The summed E-state index contributed by atoms with van der Waals surface area (Å²) in [4.78, 5) is 0. The average Bonchev–Trinajstić information content (AvgIpc) is 2.75. The van der Waals surface area contributed by atoms with E-state index in [4.69, 9.17) is 15.2 Å². The van der Waals surface area contributed by atoms with Gasteiger partial charge in [0.15, 0.2) is 0 Å². The van der Waals surface area contributed by atoms with Crippen molar-refractivity contribution < 1.29 is 9.47 Å². The fourth-order valence-electron chi connectivity index (χ4n) is 1.65. The molecule has 0 saturated heterocycles. The molecule has 0 amide bonds. The Balaban J connectivity index is 2.29. The standard InChI is InChI=1S/C12H15N3O2/c1-16-9-4-3-8(12(6-9)17-2)5-11-10(13)7-14-15-11/h3-4,6-7H,5,13H2,1-2H3,(H,14,15). The lowest BCUT2D eigenvalue weighted by molar-refractivity contribution is 0.391. The average molecular weight is 233 g/mol. The third kappa shape index (κ3) is 2.33. The normalized spacial score (nSPS) is 10.2. The number of anilines is 1. The minimum absolute atomic E-state index is 0.652. The number of hydrogen-bond acceptors (Lipinski definition) is 4. The summed E-state index contributed by atoms with van der Waals surface area (Å²) in [5, 5.41) is 6.76. The van der Waals surface area contributed by atoms with Crippen LogP contribution in [0.15, 0.2) is 24.4 Å². The number of H-pyrrole nitrogens is 1. The Hall–Kier alpha value is -2.17. The predicted molar refractivity (Wildman–Crippen MR) is 65.4 cm³/mol. The summed E-state index contributed by atoms with van der Waals surface area (Å²) < 4.78 is 10.5. The van der Waals surface area contributed by atoms with Gasteiger partial charge >= 0.3 is 0 Å². The number of nitrogens with one attached hydrogen (secondary N) is 1. The van der Waals surface area contributed by atoms with E-state index in [-0.39, 0.29) is 0 Å². The number of nitrogen functional groups attached to an aromatic ring is 1. The Morgan fingerprint density at radius 1 is 1.29 bits per heavy atom. The molecule has 0 aliphatic carbocycles. The van der Waals surface area contributed by atoms with Crippen LogP contribution in [0, 0.1) is 0 Å². The molecule has 0 saturated carbocycles. The maximum atomic E-state index is 5.78. The van der Waals surface area contributed by atoms with E-state index >= 15 is 0 Å². The van der Waals surface area contributed by atoms with Gasteiger partial charge in [0.1, 0.15) is 11.5 Å². The maximum Gasteiger partial charge on any atom is 0.126 e. The van der Waals surface area contributed by atoms with Crippen LogP contribution in [0.25, 0.3) is 0 Å². The molecule has 5 heteroatoms. The summed E-state index contributed by atoms with van der Waals surface area (Å²) in [5.74, 6) is 1.54. The van der Waals surface area contributed by atoms with Gasteiger partial charge in [-0.15, -0.1) is 0 Å². The molecule has 90 valence electrons. The number of rotatable bonds is 4. The zero-order valence-electron chi connectivity index (χ0n) is 9.86. The van der Waals surface area contributed by atoms with Gasteiger partial charge in [0.2, 0.25) is 0 Å². The molecule has 2 rings (SSSR count). The lowest BCUT2D eigenvalue weighted by Gasteiger charge is -2.09. The van der Waals surface area contributed by atoms with Crippen molar-refractivity contribution in [2.24, 2.45) is 0 Å². The van der Waals surface area contributed by atoms with E-state index in [0.29, 0.717) is 12.1 Å². The van der Waals surface area contributed by atoms with Gasteiger partial charge in [-0.1, -0.05) is 6.07 Å². The molecule has 5 nitrogen and oxygen atoms in total. The van der Waals surface area contributed by atoms with Crippen molar-refractivity contribution in [2.75, 3.05) is 20.0 Å². The van der Waals surface area contributed by atoms with Gasteiger partial charge in [-0.2, -0.15) is 5.10 Å². The largest absolute Gasteiger partial charge is 0.497 e. The second kappa shape index (κ2) is 4.78. The highest BCUT2D eigenvalue weighted by atomic mass is 16.5. The summed E-state index contributed by atoms with van der Waals surface area (Å²) in [5.41, 5.74) is 8.35. The van der Waals surface area contributed by atoms with Crippen molar-refractivity contribution in [3.05, 3.63) is 35.7 Å². The molecular formula is C12H15N3O2. The first-order chi connectivity index (χ1) is 8.24. The van der Waals surface area contributed by atoms with Crippen molar-refractivity contribution in [2.45, 2.75) is 6.42 Å². The molecule has 0 unspecified atom stereocenters. The monoisotopic (exact) mass is 233 g/mol. The highest BCUT2D eigenvalue weighted by Crippen LogP contribution is 2.27. The quantitative estimate of drug-likeness (QED) is 0.841. The molecule has 0 fully saturated rings. The zero-order valence-corrected chi connectivity index (χ0v) is 9.86. The van der Waals surface area contributed by atoms with Crippen LogP contribution < -0.4 is 15.2 Å². The topological polar surface area (TPSA) is 73.2 Å². The zero-order chi connectivity index (χ0) is 12.3. The summed E-state index contributed by atoms with van der Waals surface area (Å²) >= 11 is 0. The summed E-state index contributed by atoms with van der Waals surface area (Å²) in [6.45, 7) is 0. The Kier molecular flexibility index (Phi) is 3.18. The van der Waals surface area contributed by atoms with Crippen molar-refractivity contribution >= 4 is 5.69 Å². The highest BCUT2D eigenvalue weighted by molar-refractivity contribution is 5.47. The molecular weight excluding hydrogens is 218 g/mol. The van der Waals surface area contributed by atoms with Crippen molar-refractivity contribution in [1.82, 2.24) is 10.2 Å². The first-order valence-corrected chi connectivity index (χ1v) is 5.23. The number of methoxy groups -OCH3 is 2. The molecule has 1 aromatic carbocycles. The molecule has 1 heterocycles. The first kappa shape index (κ1) is 11.3. The number of nitrogens with two attached hydrogens (primary N) is 1. The molecule has 2 aromatic rings. The fraction of sp³-hybridized carbons (Fsp3) is 0.250. The molecule has 17 heavy (non-hydrogen) atoms. The number of aromatic nitrogens is 2. The van der Waals surface area contributed by atoms with Crippen LogP contribution >= 0.6 is 0 Å². The van der Waals surface area contributed by atoms with Crippen LogP contribution in [0.5, 0.6) is 11.5 Å². The van der Waals surface area contributed by atoms with Crippen LogP contribution in [0.2, 0.25) is 0 Å². The molecule has 0 spiro atoms. The molecule has 0 bridgehead atoms. The summed E-state index contributed by atoms with van der Waals surface area (Å²) in [6.07, 6.45) is 2.25. The number of ether oxygens (including phenoxy) is 2. The summed E-state index contributed by atoms with van der Waals surface area (Å²) in [6, 6.07) is 5.70. The molecule has 0 aliphatic rings. The van der Waals surface area contributed by atoms with Gasteiger partial charge in [0, 0.05) is 18.1 Å². The highest BCUT2D eigenvalue weighted by Gasteiger charge is 2.09. The minimum Gasteiger partial charge on any atom is -0.497 e. The van der Waals surface area contributed by atoms with E-state index in [1.807, 2.05) is 18.2 Å². The smallest absolute Gasteiger partial charge is 0.126 e. The second-order valence-corrected chi connectivity index (χ2v) is 3.66. The molecule has 0 radical (unpaired) electrons. The third-order valence-corrected chi connectivity index (χ3v) is 2.61. The van der Waals surface area contributed by atoms with E-state index in [9.17, 15) is 0 Å². The minimum atomic E-state index is 0.652.